The predicted molar refractivity (Wildman–Crippen MR) is 82.1 cm³/mol. The van der Waals surface area contributed by atoms with E-state index in [9.17, 15) is 9.59 Å². The Hall–Kier alpha value is -3.29. The average Bonchev–Trinajstić information content (AvgIpc) is 3.10. The topological polar surface area (TPSA) is 106 Å². The molecular weight excluding hydrogens is 296 g/mol. The summed E-state index contributed by atoms with van der Waals surface area (Å²) < 4.78 is 1.40. The van der Waals surface area contributed by atoms with E-state index in [2.05, 4.69) is 25.4 Å². The zero-order chi connectivity index (χ0) is 16.2. The first-order valence-corrected chi connectivity index (χ1v) is 6.96. The molecule has 1 unspecified atom stereocenters. The molecule has 0 aliphatic rings. The molecule has 0 aromatic carbocycles. The van der Waals surface area contributed by atoms with Crippen molar-refractivity contribution in [1.29, 1.82) is 0 Å². The number of rotatable bonds is 4. The van der Waals surface area contributed by atoms with Gasteiger partial charge in [-0.3, -0.25) is 19.6 Å². The highest BCUT2D eigenvalue weighted by Gasteiger charge is 2.16. The maximum absolute atomic E-state index is 12.2. The lowest BCUT2D eigenvalue weighted by Crippen LogP contribution is -2.32. The SMILES string of the molecule is CC(NC(=O)c1cnc(-n2cccn2)[nH]c1=O)c1ccccn1. The summed E-state index contributed by atoms with van der Waals surface area (Å²) in [5.74, 6) is -0.266. The van der Waals surface area contributed by atoms with E-state index < -0.39 is 11.5 Å². The standard InChI is InChI=1S/C15H14N6O2/c1-10(12-5-2-3-6-16-12)19-13(22)11-9-17-15(20-14(11)23)21-8-4-7-18-21/h2-10H,1H3,(H,19,22)(H,17,20,23). The number of aromatic nitrogens is 5. The number of hydrogen-bond donors (Lipinski definition) is 2. The molecule has 3 aromatic rings. The number of pyridine rings is 1. The molecule has 3 aromatic heterocycles. The maximum atomic E-state index is 12.2. The molecule has 0 aliphatic heterocycles. The molecule has 0 saturated heterocycles. The fourth-order valence-corrected chi connectivity index (χ4v) is 2.04. The number of nitrogens with one attached hydrogen (secondary N) is 2. The van der Waals surface area contributed by atoms with Gasteiger partial charge in [-0.05, 0) is 25.1 Å². The lowest BCUT2D eigenvalue weighted by Gasteiger charge is -2.12. The van der Waals surface area contributed by atoms with Crippen molar-refractivity contribution >= 4 is 5.91 Å². The molecule has 3 heterocycles. The molecule has 0 radical (unpaired) electrons. The molecule has 0 saturated carbocycles. The van der Waals surface area contributed by atoms with E-state index in [1.807, 2.05) is 6.07 Å². The van der Waals surface area contributed by atoms with Crippen molar-refractivity contribution in [2.75, 3.05) is 0 Å². The zero-order valence-corrected chi connectivity index (χ0v) is 12.3. The molecule has 0 spiro atoms. The Morgan fingerprint density at radius 1 is 1.26 bits per heavy atom. The van der Waals surface area contributed by atoms with Crippen LogP contribution in [0.2, 0.25) is 0 Å². The molecule has 3 rings (SSSR count). The Bertz CT molecular complexity index is 857. The van der Waals surface area contributed by atoms with Gasteiger partial charge in [0.15, 0.2) is 0 Å². The van der Waals surface area contributed by atoms with Crippen molar-refractivity contribution in [2.45, 2.75) is 13.0 Å². The fourth-order valence-electron chi connectivity index (χ4n) is 2.04. The van der Waals surface area contributed by atoms with Crippen LogP contribution in [-0.4, -0.2) is 30.6 Å². The number of aromatic amines is 1. The summed E-state index contributed by atoms with van der Waals surface area (Å²) in [4.78, 5) is 35.1. The van der Waals surface area contributed by atoms with Crippen LogP contribution >= 0.6 is 0 Å². The number of carbonyl (C=O) groups is 1. The van der Waals surface area contributed by atoms with Gasteiger partial charge >= 0.3 is 0 Å². The summed E-state index contributed by atoms with van der Waals surface area (Å²) in [7, 11) is 0. The Kier molecular flexibility index (Phi) is 3.96. The Labute approximate surface area is 131 Å². The van der Waals surface area contributed by atoms with Crippen LogP contribution in [-0.2, 0) is 0 Å². The zero-order valence-electron chi connectivity index (χ0n) is 12.3. The summed E-state index contributed by atoms with van der Waals surface area (Å²) in [6.45, 7) is 1.79. The van der Waals surface area contributed by atoms with E-state index in [1.165, 1.54) is 10.9 Å². The molecule has 2 N–H and O–H groups in total. The Morgan fingerprint density at radius 3 is 2.78 bits per heavy atom. The lowest BCUT2D eigenvalue weighted by atomic mass is 10.2. The van der Waals surface area contributed by atoms with Gasteiger partial charge < -0.3 is 5.32 Å². The third-order valence-electron chi connectivity index (χ3n) is 3.23. The van der Waals surface area contributed by atoms with Crippen LogP contribution < -0.4 is 10.9 Å². The second-order valence-electron chi connectivity index (χ2n) is 4.85. The van der Waals surface area contributed by atoms with Gasteiger partial charge in [-0.25, -0.2) is 9.67 Å². The van der Waals surface area contributed by atoms with Gasteiger partial charge in [-0.1, -0.05) is 6.07 Å². The van der Waals surface area contributed by atoms with Crippen LogP contribution in [0.5, 0.6) is 0 Å². The Morgan fingerprint density at radius 2 is 2.13 bits per heavy atom. The summed E-state index contributed by atoms with van der Waals surface area (Å²) in [5, 5.41) is 6.69. The predicted octanol–water partition coefficient (Wildman–Crippen LogP) is 0.842. The number of amides is 1. The van der Waals surface area contributed by atoms with Crippen LogP contribution in [0, 0.1) is 0 Å². The van der Waals surface area contributed by atoms with Crippen molar-refractivity contribution in [3.8, 4) is 5.95 Å². The van der Waals surface area contributed by atoms with Gasteiger partial charge in [-0.15, -0.1) is 0 Å². The minimum Gasteiger partial charge on any atom is -0.344 e. The maximum Gasteiger partial charge on any atom is 0.265 e. The highest BCUT2D eigenvalue weighted by molar-refractivity contribution is 5.93. The van der Waals surface area contributed by atoms with Gasteiger partial charge in [0.05, 0.1) is 11.7 Å². The highest BCUT2D eigenvalue weighted by Crippen LogP contribution is 2.08. The minimum atomic E-state index is -0.531. The molecule has 0 fully saturated rings. The first-order chi connectivity index (χ1) is 11.1. The van der Waals surface area contributed by atoms with Gasteiger partial charge in [-0.2, -0.15) is 5.10 Å². The lowest BCUT2D eigenvalue weighted by molar-refractivity contribution is 0.0937. The molecule has 8 heteroatoms. The van der Waals surface area contributed by atoms with Crippen LogP contribution in [0.3, 0.4) is 0 Å². The third kappa shape index (κ3) is 3.15. The van der Waals surface area contributed by atoms with Crippen molar-refractivity contribution < 1.29 is 4.79 Å². The van der Waals surface area contributed by atoms with Crippen LogP contribution in [0.25, 0.3) is 5.95 Å². The number of carbonyl (C=O) groups excluding carboxylic acids is 1. The molecule has 1 amide bonds. The first-order valence-electron chi connectivity index (χ1n) is 6.96. The number of nitrogens with zero attached hydrogens (tertiary/aromatic N) is 4. The molecule has 1 atom stereocenters. The summed E-state index contributed by atoms with van der Waals surface area (Å²) in [6, 6.07) is 6.80. The molecule has 8 nitrogen and oxygen atoms in total. The van der Waals surface area contributed by atoms with E-state index in [1.54, 1.807) is 43.7 Å². The summed E-state index contributed by atoms with van der Waals surface area (Å²) in [5.41, 5.74) is 0.110. The summed E-state index contributed by atoms with van der Waals surface area (Å²) in [6.07, 6.45) is 6.08. The van der Waals surface area contributed by atoms with Gasteiger partial charge in [0, 0.05) is 24.8 Å². The normalized spacial score (nSPS) is 11.9. The van der Waals surface area contributed by atoms with E-state index >= 15 is 0 Å². The van der Waals surface area contributed by atoms with Crippen LogP contribution in [0.4, 0.5) is 0 Å². The number of H-pyrrole nitrogens is 1. The van der Waals surface area contributed by atoms with Crippen molar-refractivity contribution in [3.63, 3.8) is 0 Å². The first kappa shape index (κ1) is 14.6. The van der Waals surface area contributed by atoms with Crippen molar-refractivity contribution in [1.82, 2.24) is 30.0 Å². The summed E-state index contributed by atoms with van der Waals surface area (Å²) >= 11 is 0. The van der Waals surface area contributed by atoms with E-state index in [4.69, 9.17) is 0 Å². The van der Waals surface area contributed by atoms with Gasteiger partial charge in [0.1, 0.15) is 5.56 Å². The Balaban J connectivity index is 1.79. The van der Waals surface area contributed by atoms with Crippen LogP contribution in [0.15, 0.2) is 53.8 Å². The van der Waals surface area contributed by atoms with Crippen LogP contribution in [0.1, 0.15) is 29.0 Å². The van der Waals surface area contributed by atoms with E-state index in [0.717, 1.165) is 0 Å². The average molecular weight is 310 g/mol. The smallest absolute Gasteiger partial charge is 0.265 e. The fraction of sp³-hybridized carbons (Fsp3) is 0.133. The highest BCUT2D eigenvalue weighted by atomic mass is 16.2. The minimum absolute atomic E-state index is 0.0660. The van der Waals surface area contributed by atoms with Crippen molar-refractivity contribution in [2.24, 2.45) is 0 Å². The van der Waals surface area contributed by atoms with Gasteiger partial charge in [0.25, 0.3) is 11.5 Å². The van der Waals surface area contributed by atoms with E-state index in [0.29, 0.717) is 5.69 Å². The molecule has 0 bridgehead atoms. The second-order valence-corrected chi connectivity index (χ2v) is 4.85. The largest absolute Gasteiger partial charge is 0.344 e. The monoisotopic (exact) mass is 310 g/mol. The molecule has 23 heavy (non-hydrogen) atoms. The molecule has 116 valence electrons. The second kappa shape index (κ2) is 6.22. The quantitative estimate of drug-likeness (QED) is 0.743. The molecule has 0 aliphatic carbocycles. The van der Waals surface area contributed by atoms with Gasteiger partial charge in [0.2, 0.25) is 5.95 Å². The third-order valence-corrected chi connectivity index (χ3v) is 3.23. The van der Waals surface area contributed by atoms with Crippen molar-refractivity contribution in [3.05, 3.63) is 70.7 Å². The number of hydrogen-bond acceptors (Lipinski definition) is 5. The molecular formula is C15H14N6O2. The van der Waals surface area contributed by atoms with E-state index in [-0.39, 0.29) is 17.6 Å².